The first-order valence-corrected chi connectivity index (χ1v) is 10.7. The van der Waals surface area contributed by atoms with Crippen molar-refractivity contribution in [1.82, 2.24) is 4.31 Å². The molecule has 1 amide bonds. The van der Waals surface area contributed by atoms with Crippen LogP contribution < -0.4 is 4.90 Å². The molecule has 0 aromatic heterocycles. The average molecular weight is 416 g/mol. The van der Waals surface area contributed by atoms with Gasteiger partial charge in [-0.25, -0.2) is 17.5 Å². The summed E-state index contributed by atoms with van der Waals surface area (Å²) in [6.07, 6.45) is -0.217. The van der Waals surface area contributed by atoms with E-state index in [-0.39, 0.29) is 22.4 Å². The normalized spacial score (nSPS) is 17.1. The smallest absolute Gasteiger partial charge is 0.338 e. The van der Waals surface area contributed by atoms with Crippen LogP contribution in [0.2, 0.25) is 0 Å². The summed E-state index contributed by atoms with van der Waals surface area (Å²) in [4.78, 5) is 27.1. The van der Waals surface area contributed by atoms with Gasteiger partial charge in [0, 0.05) is 25.8 Å². The van der Waals surface area contributed by atoms with E-state index < -0.39 is 22.1 Å². The van der Waals surface area contributed by atoms with Crippen molar-refractivity contribution in [3.05, 3.63) is 59.7 Å². The molecular formula is C21H24N2O5S. The van der Waals surface area contributed by atoms with Crippen LogP contribution in [0.5, 0.6) is 0 Å². The van der Waals surface area contributed by atoms with Gasteiger partial charge in [0.05, 0.1) is 10.5 Å². The van der Waals surface area contributed by atoms with Crippen LogP contribution in [-0.4, -0.2) is 50.8 Å². The maximum atomic E-state index is 12.9. The topological polar surface area (TPSA) is 84.0 Å². The Labute approximate surface area is 170 Å². The van der Waals surface area contributed by atoms with E-state index in [1.807, 2.05) is 31.2 Å². The highest BCUT2D eigenvalue weighted by atomic mass is 32.2. The minimum Gasteiger partial charge on any atom is -0.449 e. The number of hydrogen-bond acceptors (Lipinski definition) is 5. The summed E-state index contributed by atoms with van der Waals surface area (Å²) in [5.41, 5.74) is 2.10. The second-order valence-electron chi connectivity index (χ2n) is 7.25. The molecule has 2 aromatic carbocycles. The Morgan fingerprint density at radius 3 is 2.34 bits per heavy atom. The van der Waals surface area contributed by atoms with Gasteiger partial charge < -0.3 is 9.64 Å². The second-order valence-corrected chi connectivity index (χ2v) is 9.40. The number of nitrogens with zero attached hydrogens (tertiary/aromatic N) is 2. The number of sulfonamides is 1. The van der Waals surface area contributed by atoms with Gasteiger partial charge in [-0.3, -0.25) is 4.79 Å². The van der Waals surface area contributed by atoms with E-state index in [1.165, 1.54) is 38.4 Å². The lowest BCUT2D eigenvalue weighted by molar-refractivity contribution is -0.126. The number of fused-ring (bicyclic) bond motifs is 1. The largest absolute Gasteiger partial charge is 0.449 e. The zero-order chi connectivity index (χ0) is 21.3. The number of anilines is 1. The fourth-order valence-electron chi connectivity index (χ4n) is 3.35. The summed E-state index contributed by atoms with van der Waals surface area (Å²) >= 11 is 0. The van der Waals surface area contributed by atoms with Gasteiger partial charge in [0.2, 0.25) is 10.0 Å². The number of benzene rings is 2. The molecule has 0 unspecified atom stereocenters. The Morgan fingerprint density at radius 2 is 1.72 bits per heavy atom. The van der Waals surface area contributed by atoms with Crippen LogP contribution in [0.15, 0.2) is 53.4 Å². The van der Waals surface area contributed by atoms with E-state index in [9.17, 15) is 18.0 Å². The summed E-state index contributed by atoms with van der Waals surface area (Å²) in [5.74, 6) is -0.970. The molecule has 0 N–H and O–H groups in total. The van der Waals surface area contributed by atoms with Crippen LogP contribution in [0.3, 0.4) is 0 Å². The van der Waals surface area contributed by atoms with Gasteiger partial charge in [-0.1, -0.05) is 18.2 Å². The first kappa shape index (κ1) is 21.0. The third kappa shape index (κ3) is 4.04. The Balaban J connectivity index is 1.72. The minimum atomic E-state index is -3.58. The molecule has 8 heteroatoms. The van der Waals surface area contributed by atoms with Crippen molar-refractivity contribution in [2.24, 2.45) is 0 Å². The Bertz CT molecular complexity index is 1030. The Hall–Kier alpha value is -2.71. The molecule has 1 aliphatic heterocycles. The molecule has 0 fully saturated rings. The van der Waals surface area contributed by atoms with Gasteiger partial charge in [-0.05, 0) is 56.2 Å². The molecule has 0 saturated carbocycles. The standard InChI is InChI=1S/C21H24N2O5S/c1-14-13-17-7-5-6-8-19(17)23(14)20(24)15(2)28-21(25)16-9-11-18(12-10-16)29(26,27)22(3)4/h5-12,14-15H,13H2,1-4H3/t14-,15+/m1/s1. The molecule has 29 heavy (non-hydrogen) atoms. The van der Waals surface area contributed by atoms with Crippen LogP contribution in [0.4, 0.5) is 5.69 Å². The highest BCUT2D eigenvalue weighted by Gasteiger charge is 2.34. The van der Waals surface area contributed by atoms with Crippen molar-refractivity contribution >= 4 is 27.6 Å². The summed E-state index contributed by atoms with van der Waals surface area (Å²) in [5, 5.41) is 0. The van der Waals surface area contributed by atoms with E-state index in [0.717, 1.165) is 22.0 Å². The third-order valence-electron chi connectivity index (χ3n) is 4.94. The Morgan fingerprint density at radius 1 is 1.10 bits per heavy atom. The number of ether oxygens (including phenoxy) is 1. The SMILES string of the molecule is C[C@H](OC(=O)c1ccc(S(=O)(=O)N(C)C)cc1)C(=O)N1c2ccccc2C[C@H]1C. The lowest BCUT2D eigenvalue weighted by Gasteiger charge is -2.26. The number of rotatable bonds is 5. The summed E-state index contributed by atoms with van der Waals surface area (Å²) in [6, 6.07) is 13.1. The molecule has 2 atom stereocenters. The molecule has 1 aliphatic rings. The van der Waals surface area contributed by atoms with E-state index in [2.05, 4.69) is 0 Å². The highest BCUT2D eigenvalue weighted by molar-refractivity contribution is 7.89. The van der Waals surface area contributed by atoms with E-state index in [1.54, 1.807) is 11.8 Å². The number of carbonyl (C=O) groups excluding carboxylic acids is 2. The van der Waals surface area contributed by atoms with Gasteiger partial charge in [-0.2, -0.15) is 0 Å². The van der Waals surface area contributed by atoms with Crippen LogP contribution >= 0.6 is 0 Å². The lowest BCUT2D eigenvalue weighted by Crippen LogP contribution is -2.43. The van der Waals surface area contributed by atoms with Gasteiger partial charge in [0.25, 0.3) is 5.91 Å². The summed E-state index contributed by atoms with van der Waals surface area (Å²) < 4.78 is 30.7. The van der Waals surface area contributed by atoms with Crippen molar-refractivity contribution in [3.63, 3.8) is 0 Å². The molecule has 2 aromatic rings. The average Bonchev–Trinajstić information content (AvgIpc) is 3.02. The predicted molar refractivity (Wildman–Crippen MR) is 109 cm³/mol. The number of amides is 1. The molecular weight excluding hydrogens is 392 g/mol. The first-order valence-electron chi connectivity index (χ1n) is 9.27. The molecule has 1 heterocycles. The first-order chi connectivity index (χ1) is 13.6. The second kappa shape index (κ2) is 7.96. The number of para-hydroxylation sites is 1. The molecule has 3 rings (SSSR count). The zero-order valence-corrected chi connectivity index (χ0v) is 17.6. The zero-order valence-electron chi connectivity index (χ0n) is 16.8. The Kier molecular flexibility index (Phi) is 5.77. The maximum absolute atomic E-state index is 12.9. The minimum absolute atomic E-state index is 0.0171. The molecule has 0 bridgehead atoms. The van der Waals surface area contributed by atoms with E-state index in [0.29, 0.717) is 0 Å². The van der Waals surface area contributed by atoms with Crippen molar-refractivity contribution < 1.29 is 22.7 Å². The number of esters is 1. The quantitative estimate of drug-likeness (QED) is 0.699. The molecule has 0 saturated heterocycles. The van der Waals surface area contributed by atoms with E-state index in [4.69, 9.17) is 4.74 Å². The summed E-state index contributed by atoms with van der Waals surface area (Å²) in [6.45, 7) is 3.50. The molecule has 154 valence electrons. The van der Waals surface area contributed by atoms with Gasteiger partial charge in [0.1, 0.15) is 0 Å². The third-order valence-corrected chi connectivity index (χ3v) is 6.77. The van der Waals surface area contributed by atoms with Crippen LogP contribution in [0.25, 0.3) is 0 Å². The van der Waals surface area contributed by atoms with Crippen molar-refractivity contribution in [2.75, 3.05) is 19.0 Å². The van der Waals surface area contributed by atoms with Crippen molar-refractivity contribution in [1.29, 1.82) is 0 Å². The number of hydrogen-bond donors (Lipinski definition) is 0. The predicted octanol–water partition coefficient (Wildman–Crippen LogP) is 2.46. The molecule has 0 aliphatic carbocycles. The summed E-state index contributed by atoms with van der Waals surface area (Å²) in [7, 11) is -0.715. The van der Waals surface area contributed by atoms with Gasteiger partial charge >= 0.3 is 5.97 Å². The van der Waals surface area contributed by atoms with Crippen LogP contribution in [0, 0.1) is 0 Å². The van der Waals surface area contributed by atoms with Crippen LogP contribution in [0.1, 0.15) is 29.8 Å². The fraction of sp³-hybridized carbons (Fsp3) is 0.333. The van der Waals surface area contributed by atoms with Crippen molar-refractivity contribution in [3.8, 4) is 0 Å². The monoisotopic (exact) mass is 416 g/mol. The number of carbonyl (C=O) groups is 2. The molecule has 7 nitrogen and oxygen atoms in total. The maximum Gasteiger partial charge on any atom is 0.338 e. The lowest BCUT2D eigenvalue weighted by atomic mass is 10.1. The van der Waals surface area contributed by atoms with Crippen molar-refractivity contribution in [2.45, 2.75) is 37.3 Å². The highest BCUT2D eigenvalue weighted by Crippen LogP contribution is 2.32. The fourth-order valence-corrected chi connectivity index (χ4v) is 4.25. The molecule has 0 spiro atoms. The van der Waals surface area contributed by atoms with Gasteiger partial charge in [-0.15, -0.1) is 0 Å². The molecule has 0 radical (unpaired) electrons. The van der Waals surface area contributed by atoms with Gasteiger partial charge in [0.15, 0.2) is 6.10 Å². The van der Waals surface area contributed by atoms with Crippen LogP contribution in [-0.2, 0) is 26.0 Å². The van der Waals surface area contributed by atoms with E-state index >= 15 is 0 Å².